The highest BCUT2D eigenvalue weighted by atomic mass is 16.4. The molecule has 4 rings (SSSR count). The molecule has 1 amide bonds. The molecule has 3 aromatic rings. The average molecular weight is 434 g/mol. The van der Waals surface area contributed by atoms with Crippen LogP contribution in [0.1, 0.15) is 31.1 Å². The van der Waals surface area contributed by atoms with Gasteiger partial charge >= 0.3 is 0 Å². The third kappa shape index (κ3) is 4.84. The first-order valence-electron chi connectivity index (χ1n) is 10.8. The fourth-order valence-corrected chi connectivity index (χ4v) is 3.93. The van der Waals surface area contributed by atoms with Crippen LogP contribution in [0.4, 0.5) is 5.88 Å². The molecule has 0 radical (unpaired) electrons. The van der Waals surface area contributed by atoms with Gasteiger partial charge in [0.2, 0.25) is 17.5 Å². The van der Waals surface area contributed by atoms with Gasteiger partial charge in [-0.1, -0.05) is 44.2 Å². The van der Waals surface area contributed by atoms with Crippen LogP contribution in [-0.2, 0) is 4.79 Å². The fraction of sp³-hybridized carbons (Fsp3) is 0.375. The molecule has 3 heterocycles. The maximum absolute atomic E-state index is 12.7. The van der Waals surface area contributed by atoms with Crippen LogP contribution >= 0.6 is 0 Å². The number of nitrogens with zero attached hydrogens (tertiary/aromatic N) is 4. The van der Waals surface area contributed by atoms with Crippen molar-refractivity contribution in [2.75, 3.05) is 37.6 Å². The summed E-state index contributed by atoms with van der Waals surface area (Å²) in [6.07, 6.45) is 1.54. The largest absolute Gasteiger partial charge is 0.459 e. The van der Waals surface area contributed by atoms with Gasteiger partial charge in [-0.15, -0.1) is 0 Å². The molecule has 1 saturated heterocycles. The maximum atomic E-state index is 12.7. The van der Waals surface area contributed by atoms with E-state index >= 15 is 0 Å². The number of carbonyl (C=O) groups is 1. The zero-order valence-electron chi connectivity index (χ0n) is 18.3. The molecule has 1 fully saturated rings. The molecule has 1 unspecified atom stereocenters. The van der Waals surface area contributed by atoms with E-state index < -0.39 is 0 Å². The molecule has 0 bridgehead atoms. The van der Waals surface area contributed by atoms with E-state index in [9.17, 15) is 10.1 Å². The summed E-state index contributed by atoms with van der Waals surface area (Å²) in [6.45, 7) is 7.21. The predicted octanol–water partition coefficient (Wildman–Crippen LogP) is 3.44. The Morgan fingerprint density at radius 2 is 1.91 bits per heavy atom. The molecule has 1 aliphatic heterocycles. The SMILES string of the molecule is CC(C)C(NC(=O)CN1CCN(c2oc(-c3ccco3)nc2C#N)CC1)c1ccccc1. The van der Waals surface area contributed by atoms with Crippen LogP contribution in [0, 0.1) is 17.2 Å². The number of hydrogen-bond donors (Lipinski definition) is 1. The number of benzene rings is 1. The van der Waals surface area contributed by atoms with E-state index in [2.05, 4.69) is 35.1 Å². The number of anilines is 1. The summed E-state index contributed by atoms with van der Waals surface area (Å²) in [5.74, 6) is 1.54. The van der Waals surface area contributed by atoms with Crippen molar-refractivity contribution >= 4 is 11.8 Å². The second-order valence-corrected chi connectivity index (χ2v) is 8.22. The number of piperazine rings is 1. The maximum Gasteiger partial charge on any atom is 0.266 e. The molecule has 0 saturated carbocycles. The predicted molar refractivity (Wildman–Crippen MR) is 120 cm³/mol. The Balaban J connectivity index is 1.34. The highest BCUT2D eigenvalue weighted by Gasteiger charge is 2.27. The van der Waals surface area contributed by atoms with Gasteiger partial charge in [0.15, 0.2) is 5.76 Å². The highest BCUT2D eigenvalue weighted by Crippen LogP contribution is 2.29. The van der Waals surface area contributed by atoms with Crippen LogP contribution in [-0.4, -0.2) is 48.5 Å². The molecular weight excluding hydrogens is 406 g/mol. The van der Waals surface area contributed by atoms with Crippen molar-refractivity contribution in [3.05, 3.63) is 60.0 Å². The fourth-order valence-electron chi connectivity index (χ4n) is 3.93. The van der Waals surface area contributed by atoms with E-state index in [4.69, 9.17) is 8.83 Å². The van der Waals surface area contributed by atoms with Crippen LogP contribution in [0.15, 0.2) is 57.6 Å². The first-order chi connectivity index (χ1) is 15.5. The smallest absolute Gasteiger partial charge is 0.266 e. The third-order valence-corrected chi connectivity index (χ3v) is 5.62. The van der Waals surface area contributed by atoms with E-state index in [1.165, 1.54) is 6.26 Å². The molecule has 8 heteroatoms. The molecular formula is C24H27N5O3. The first-order valence-corrected chi connectivity index (χ1v) is 10.8. The van der Waals surface area contributed by atoms with Crippen molar-refractivity contribution in [2.45, 2.75) is 19.9 Å². The Hall–Kier alpha value is -3.57. The van der Waals surface area contributed by atoms with E-state index in [0.717, 1.165) is 5.56 Å². The molecule has 1 aromatic carbocycles. The number of hydrogen-bond acceptors (Lipinski definition) is 7. The van der Waals surface area contributed by atoms with Crippen LogP contribution in [0.5, 0.6) is 0 Å². The molecule has 0 spiro atoms. The lowest BCUT2D eigenvalue weighted by molar-refractivity contribution is -0.123. The minimum Gasteiger partial charge on any atom is -0.459 e. The average Bonchev–Trinajstić information content (AvgIpc) is 3.48. The summed E-state index contributed by atoms with van der Waals surface area (Å²) in [6, 6.07) is 15.6. The number of furan rings is 1. The number of rotatable bonds is 7. The van der Waals surface area contributed by atoms with Crippen molar-refractivity contribution in [3.63, 3.8) is 0 Å². The Bertz CT molecular complexity index is 1060. The summed E-state index contributed by atoms with van der Waals surface area (Å²) < 4.78 is 11.2. The molecule has 1 N–H and O–H groups in total. The Morgan fingerprint density at radius 3 is 2.53 bits per heavy atom. The number of nitrogens with one attached hydrogen (secondary N) is 1. The molecule has 0 aliphatic carbocycles. The van der Waals surface area contributed by atoms with Crippen LogP contribution in [0.2, 0.25) is 0 Å². The molecule has 166 valence electrons. The molecule has 32 heavy (non-hydrogen) atoms. The van der Waals surface area contributed by atoms with Gasteiger partial charge in [-0.2, -0.15) is 10.2 Å². The summed E-state index contributed by atoms with van der Waals surface area (Å²) in [5.41, 5.74) is 1.35. The second-order valence-electron chi connectivity index (χ2n) is 8.22. The zero-order valence-corrected chi connectivity index (χ0v) is 18.3. The molecule has 2 aromatic heterocycles. The number of carbonyl (C=O) groups excluding carboxylic acids is 1. The lowest BCUT2D eigenvalue weighted by atomic mass is 9.96. The van der Waals surface area contributed by atoms with Crippen LogP contribution < -0.4 is 10.2 Å². The highest BCUT2D eigenvalue weighted by molar-refractivity contribution is 5.78. The minimum absolute atomic E-state index is 0.0125. The van der Waals surface area contributed by atoms with E-state index in [1.54, 1.807) is 12.1 Å². The first kappa shape index (κ1) is 21.7. The lowest BCUT2D eigenvalue weighted by Crippen LogP contribution is -2.50. The van der Waals surface area contributed by atoms with Crippen molar-refractivity contribution in [1.82, 2.24) is 15.2 Å². The normalized spacial score (nSPS) is 15.5. The summed E-state index contributed by atoms with van der Waals surface area (Å²) in [7, 11) is 0. The van der Waals surface area contributed by atoms with Crippen LogP contribution in [0.25, 0.3) is 11.7 Å². The lowest BCUT2D eigenvalue weighted by Gasteiger charge is -2.34. The molecule has 1 aliphatic rings. The minimum atomic E-state index is -0.0163. The van der Waals surface area contributed by atoms with E-state index in [0.29, 0.717) is 50.3 Å². The van der Waals surface area contributed by atoms with Gasteiger partial charge < -0.3 is 19.1 Å². The van der Waals surface area contributed by atoms with Gasteiger partial charge in [0, 0.05) is 26.2 Å². The number of nitriles is 1. The monoisotopic (exact) mass is 433 g/mol. The van der Waals surface area contributed by atoms with Crippen molar-refractivity contribution in [3.8, 4) is 17.7 Å². The Kier molecular flexibility index (Phi) is 6.57. The van der Waals surface area contributed by atoms with Gasteiger partial charge in [0.1, 0.15) is 6.07 Å². The van der Waals surface area contributed by atoms with Gasteiger partial charge in [0.05, 0.1) is 18.8 Å². The van der Waals surface area contributed by atoms with Gasteiger partial charge in [-0.25, -0.2) is 0 Å². The Labute approximate surface area is 187 Å². The quantitative estimate of drug-likeness (QED) is 0.609. The third-order valence-electron chi connectivity index (χ3n) is 5.62. The van der Waals surface area contributed by atoms with E-state index in [1.807, 2.05) is 35.2 Å². The van der Waals surface area contributed by atoms with Crippen molar-refractivity contribution in [1.29, 1.82) is 5.26 Å². The topological polar surface area (TPSA) is 98.5 Å². The van der Waals surface area contributed by atoms with Gasteiger partial charge in [-0.3, -0.25) is 9.69 Å². The molecule has 1 atom stereocenters. The second kappa shape index (κ2) is 9.71. The number of aromatic nitrogens is 1. The summed E-state index contributed by atoms with van der Waals surface area (Å²) >= 11 is 0. The van der Waals surface area contributed by atoms with E-state index in [-0.39, 0.29) is 23.6 Å². The van der Waals surface area contributed by atoms with Crippen molar-refractivity contribution in [2.24, 2.45) is 5.92 Å². The van der Waals surface area contributed by atoms with Gasteiger partial charge in [-0.05, 0) is 23.6 Å². The van der Waals surface area contributed by atoms with Crippen LogP contribution in [0.3, 0.4) is 0 Å². The van der Waals surface area contributed by atoms with Crippen molar-refractivity contribution < 1.29 is 13.6 Å². The molecule has 8 nitrogen and oxygen atoms in total. The summed E-state index contributed by atoms with van der Waals surface area (Å²) in [5, 5.41) is 12.6. The summed E-state index contributed by atoms with van der Waals surface area (Å²) in [4.78, 5) is 21.1. The Morgan fingerprint density at radius 1 is 1.16 bits per heavy atom. The number of oxazole rings is 1. The van der Waals surface area contributed by atoms with Gasteiger partial charge in [0.25, 0.3) is 5.89 Å². The number of amides is 1. The zero-order chi connectivity index (χ0) is 22.5. The standard InChI is InChI=1S/C24H27N5O3/c1-17(2)22(18-7-4-3-5-8-18)27-21(30)16-28-10-12-29(13-11-28)24-19(15-25)26-23(32-24)20-9-6-14-31-20/h3-9,14,17,22H,10-13,16H2,1-2H3,(H,27,30).